The first-order valence-electron chi connectivity index (χ1n) is 12.0. The lowest BCUT2D eigenvalue weighted by Gasteiger charge is -2.40. The summed E-state index contributed by atoms with van der Waals surface area (Å²) in [7, 11) is 0. The molecule has 3 heterocycles. The summed E-state index contributed by atoms with van der Waals surface area (Å²) in [6.07, 6.45) is 4.39. The minimum Gasteiger partial charge on any atom is -0.354 e. The molecule has 1 atom stereocenters. The number of piperazine rings is 1. The van der Waals surface area contributed by atoms with Crippen LogP contribution in [-0.2, 0) is 9.59 Å². The first-order valence-corrected chi connectivity index (χ1v) is 13.4. The molecular weight excluding hydrogens is 460 g/mol. The van der Waals surface area contributed by atoms with Gasteiger partial charge >= 0.3 is 0 Å². The molecule has 0 aliphatic carbocycles. The van der Waals surface area contributed by atoms with E-state index in [-0.39, 0.29) is 23.6 Å². The van der Waals surface area contributed by atoms with Crippen LogP contribution in [0.25, 0.3) is 0 Å². The van der Waals surface area contributed by atoms with Gasteiger partial charge in [0.05, 0.1) is 5.75 Å². The van der Waals surface area contributed by atoms with Crippen LogP contribution in [0.1, 0.15) is 46.5 Å². The SMILES string of the molecule is CC(C)CC(=O)N1CCN(c2cc(Cl)nc(SCC(=O)NCCN3CCCCC3)n2)CC1C. The largest absolute Gasteiger partial charge is 0.354 e. The number of hydrogen-bond donors (Lipinski definition) is 1. The summed E-state index contributed by atoms with van der Waals surface area (Å²) >= 11 is 7.56. The van der Waals surface area contributed by atoms with Crippen LogP contribution in [0.5, 0.6) is 0 Å². The third-order valence-corrected chi connectivity index (χ3v) is 7.09. The average molecular weight is 497 g/mol. The zero-order valence-corrected chi connectivity index (χ0v) is 21.6. The van der Waals surface area contributed by atoms with Crippen LogP contribution in [-0.4, -0.2) is 89.2 Å². The highest BCUT2D eigenvalue weighted by Gasteiger charge is 2.28. The van der Waals surface area contributed by atoms with Crippen molar-refractivity contribution >= 4 is 41.0 Å². The summed E-state index contributed by atoms with van der Waals surface area (Å²) < 4.78 is 0. The van der Waals surface area contributed by atoms with Gasteiger partial charge in [-0.25, -0.2) is 9.97 Å². The van der Waals surface area contributed by atoms with Crippen molar-refractivity contribution in [1.82, 2.24) is 25.1 Å². The molecule has 1 aromatic heterocycles. The molecule has 33 heavy (non-hydrogen) atoms. The minimum absolute atomic E-state index is 0.0203. The van der Waals surface area contributed by atoms with Crippen LogP contribution in [0, 0.1) is 5.92 Å². The molecule has 0 aromatic carbocycles. The number of rotatable bonds is 9. The summed E-state index contributed by atoms with van der Waals surface area (Å²) in [6.45, 7) is 12.1. The van der Waals surface area contributed by atoms with E-state index in [0.717, 1.165) is 25.5 Å². The van der Waals surface area contributed by atoms with Crippen molar-refractivity contribution < 1.29 is 9.59 Å². The number of amides is 2. The van der Waals surface area contributed by atoms with Crippen LogP contribution in [0.2, 0.25) is 5.15 Å². The Kier molecular flexibility index (Phi) is 10.1. The van der Waals surface area contributed by atoms with E-state index in [0.29, 0.717) is 48.8 Å². The van der Waals surface area contributed by atoms with E-state index in [9.17, 15) is 9.59 Å². The molecule has 0 spiro atoms. The number of halogens is 1. The zero-order chi connectivity index (χ0) is 23.8. The molecule has 0 radical (unpaired) electrons. The maximum atomic E-state index is 12.5. The summed E-state index contributed by atoms with van der Waals surface area (Å²) in [4.78, 5) is 40.2. The number of carbonyl (C=O) groups excluding carboxylic acids is 2. The molecule has 8 nitrogen and oxygen atoms in total. The van der Waals surface area contributed by atoms with Crippen molar-refractivity contribution in [2.45, 2.75) is 57.7 Å². The highest BCUT2D eigenvalue weighted by atomic mass is 35.5. The van der Waals surface area contributed by atoms with Gasteiger partial charge in [0.15, 0.2) is 5.16 Å². The van der Waals surface area contributed by atoms with Crippen molar-refractivity contribution in [3.05, 3.63) is 11.2 Å². The summed E-state index contributed by atoms with van der Waals surface area (Å²) in [5.74, 6) is 1.54. The molecule has 2 fully saturated rings. The predicted molar refractivity (Wildman–Crippen MR) is 134 cm³/mol. The number of hydrogen-bond acceptors (Lipinski definition) is 7. The van der Waals surface area contributed by atoms with E-state index in [1.165, 1.54) is 31.0 Å². The fourth-order valence-corrected chi connectivity index (χ4v) is 5.24. The van der Waals surface area contributed by atoms with Crippen molar-refractivity contribution in [3.63, 3.8) is 0 Å². The topological polar surface area (TPSA) is 81.7 Å². The Morgan fingerprint density at radius 3 is 2.64 bits per heavy atom. The molecule has 184 valence electrons. The van der Waals surface area contributed by atoms with Gasteiger partial charge in [0.25, 0.3) is 0 Å². The molecule has 0 bridgehead atoms. The maximum absolute atomic E-state index is 12.5. The molecule has 10 heteroatoms. The van der Waals surface area contributed by atoms with Gasteiger partial charge in [-0.3, -0.25) is 9.59 Å². The van der Waals surface area contributed by atoms with E-state index < -0.39 is 0 Å². The Labute approximate surface area is 206 Å². The smallest absolute Gasteiger partial charge is 0.230 e. The average Bonchev–Trinajstić information content (AvgIpc) is 2.77. The second kappa shape index (κ2) is 12.8. The van der Waals surface area contributed by atoms with Crippen LogP contribution < -0.4 is 10.2 Å². The van der Waals surface area contributed by atoms with Gasteiger partial charge in [0, 0.05) is 51.3 Å². The van der Waals surface area contributed by atoms with E-state index >= 15 is 0 Å². The Morgan fingerprint density at radius 1 is 1.18 bits per heavy atom. The van der Waals surface area contributed by atoms with Gasteiger partial charge in [-0.15, -0.1) is 0 Å². The third kappa shape index (κ3) is 8.30. The molecular formula is C23H37ClN6O2S. The van der Waals surface area contributed by atoms with E-state index in [1.54, 1.807) is 6.07 Å². The normalized spacial score (nSPS) is 19.7. The van der Waals surface area contributed by atoms with E-state index in [1.807, 2.05) is 4.90 Å². The summed E-state index contributed by atoms with van der Waals surface area (Å²) in [5.41, 5.74) is 0. The monoisotopic (exact) mass is 496 g/mol. The molecule has 2 saturated heterocycles. The third-order valence-electron chi connectivity index (χ3n) is 6.05. The van der Waals surface area contributed by atoms with Crippen LogP contribution in [0.3, 0.4) is 0 Å². The minimum atomic E-state index is -0.0203. The second-order valence-electron chi connectivity index (χ2n) is 9.35. The van der Waals surface area contributed by atoms with Gasteiger partial charge in [0.2, 0.25) is 11.8 Å². The van der Waals surface area contributed by atoms with Crippen molar-refractivity contribution in [2.24, 2.45) is 5.92 Å². The summed E-state index contributed by atoms with van der Waals surface area (Å²) in [5, 5.41) is 3.84. The molecule has 1 aromatic rings. The lowest BCUT2D eigenvalue weighted by molar-refractivity contribution is -0.134. The van der Waals surface area contributed by atoms with E-state index in [4.69, 9.17) is 11.6 Å². The van der Waals surface area contributed by atoms with Gasteiger partial charge < -0.3 is 20.0 Å². The number of carbonyl (C=O) groups is 2. The zero-order valence-electron chi connectivity index (χ0n) is 20.1. The first-order chi connectivity index (χ1) is 15.8. The number of aromatic nitrogens is 2. The second-order valence-corrected chi connectivity index (χ2v) is 10.7. The Hall–Kier alpha value is -1.58. The molecule has 1 N–H and O–H groups in total. The van der Waals surface area contributed by atoms with Crippen LogP contribution >= 0.6 is 23.4 Å². The van der Waals surface area contributed by atoms with Crippen LogP contribution in [0.15, 0.2) is 11.2 Å². The first kappa shape index (κ1) is 26.0. The standard InChI is InChI=1S/C23H37ClN6O2S/c1-17(2)13-22(32)30-12-11-29(15-18(30)3)20-14-19(24)26-23(27-20)33-16-21(31)25-7-10-28-8-5-4-6-9-28/h14,17-18H,4-13,15-16H2,1-3H3,(H,25,31). The van der Waals surface area contributed by atoms with E-state index in [2.05, 4.69) is 45.9 Å². The molecule has 2 amide bonds. The maximum Gasteiger partial charge on any atom is 0.230 e. The fourth-order valence-electron chi connectivity index (χ4n) is 4.33. The number of anilines is 1. The van der Waals surface area contributed by atoms with Crippen molar-refractivity contribution in [1.29, 1.82) is 0 Å². The summed E-state index contributed by atoms with van der Waals surface area (Å²) in [6, 6.07) is 1.85. The van der Waals surface area contributed by atoms with Crippen molar-refractivity contribution in [2.75, 3.05) is 56.5 Å². The Morgan fingerprint density at radius 2 is 1.94 bits per heavy atom. The van der Waals surface area contributed by atoms with Crippen LogP contribution in [0.4, 0.5) is 5.82 Å². The highest BCUT2D eigenvalue weighted by molar-refractivity contribution is 7.99. The number of piperidine rings is 1. The molecule has 3 rings (SSSR count). The Bertz CT molecular complexity index is 805. The lowest BCUT2D eigenvalue weighted by Crippen LogP contribution is -2.54. The van der Waals surface area contributed by atoms with Gasteiger partial charge in [-0.2, -0.15) is 0 Å². The highest BCUT2D eigenvalue weighted by Crippen LogP contribution is 2.24. The quantitative estimate of drug-likeness (QED) is 0.320. The van der Waals surface area contributed by atoms with Gasteiger partial charge in [-0.05, 0) is 38.8 Å². The number of likely N-dealkylation sites (tertiary alicyclic amines) is 1. The predicted octanol–water partition coefficient (Wildman–Crippen LogP) is 2.91. The van der Waals surface area contributed by atoms with Crippen molar-refractivity contribution in [3.8, 4) is 0 Å². The fraction of sp³-hybridized carbons (Fsp3) is 0.739. The number of nitrogens with one attached hydrogen (secondary N) is 1. The number of nitrogens with zero attached hydrogens (tertiary/aromatic N) is 5. The molecule has 0 saturated carbocycles. The number of thioether (sulfide) groups is 1. The van der Waals surface area contributed by atoms with Gasteiger partial charge in [-0.1, -0.05) is 43.6 Å². The van der Waals surface area contributed by atoms with Gasteiger partial charge in [0.1, 0.15) is 11.0 Å². The molecule has 2 aliphatic rings. The molecule has 1 unspecified atom stereocenters. The Balaban J connectivity index is 1.48. The molecule has 2 aliphatic heterocycles. The lowest BCUT2D eigenvalue weighted by atomic mass is 10.1.